The summed E-state index contributed by atoms with van der Waals surface area (Å²) in [6.45, 7) is 1.13. The number of nitro groups is 1. The van der Waals surface area contributed by atoms with Crippen LogP contribution < -0.4 is 4.90 Å². The fourth-order valence-electron chi connectivity index (χ4n) is 2.89. The molecule has 2 aromatic rings. The number of anilines is 1. The highest BCUT2D eigenvalue weighted by molar-refractivity contribution is 9.10. The first-order chi connectivity index (χ1) is 10.1. The molecule has 1 heterocycles. The van der Waals surface area contributed by atoms with E-state index in [2.05, 4.69) is 20.8 Å². The van der Waals surface area contributed by atoms with Crippen molar-refractivity contribution in [2.24, 2.45) is 0 Å². The van der Waals surface area contributed by atoms with Crippen molar-refractivity contribution in [3.63, 3.8) is 0 Å². The normalized spacial score (nSPS) is 21.5. The largest absolute Gasteiger partial charge is 0.364 e. The Kier molecular flexibility index (Phi) is 3.92. The molecule has 1 fully saturated rings. The molecular formula is C16H15BrN2O2. The number of para-hydroxylation sites is 1. The first-order valence-electron chi connectivity index (χ1n) is 6.84. The Hall–Kier alpha value is -1.88. The molecule has 0 bridgehead atoms. The molecule has 0 unspecified atom stereocenters. The van der Waals surface area contributed by atoms with E-state index in [0.717, 1.165) is 15.7 Å². The highest BCUT2D eigenvalue weighted by Crippen LogP contribution is 2.33. The SMILES string of the molecule is O=[N+]([O-])[C@@H]1CN(c2ccccc2)C[C@H]1c1ccc(Br)cc1. The van der Waals surface area contributed by atoms with Crippen LogP contribution in [0.15, 0.2) is 59.1 Å². The maximum atomic E-state index is 11.4. The maximum absolute atomic E-state index is 11.4. The second-order valence-electron chi connectivity index (χ2n) is 5.25. The Balaban J connectivity index is 1.88. The Morgan fingerprint density at radius 2 is 1.71 bits per heavy atom. The number of halogens is 1. The fraction of sp³-hybridized carbons (Fsp3) is 0.250. The Bertz CT molecular complexity index is 630. The second kappa shape index (κ2) is 5.85. The molecule has 0 radical (unpaired) electrons. The van der Waals surface area contributed by atoms with E-state index in [9.17, 15) is 10.1 Å². The number of benzene rings is 2. The van der Waals surface area contributed by atoms with Crippen LogP contribution in [0.2, 0.25) is 0 Å². The molecule has 0 spiro atoms. The molecule has 0 saturated carbocycles. The van der Waals surface area contributed by atoms with Crippen LogP contribution in [0.5, 0.6) is 0 Å². The summed E-state index contributed by atoms with van der Waals surface area (Å²) in [7, 11) is 0. The van der Waals surface area contributed by atoms with Crippen molar-refractivity contribution >= 4 is 21.6 Å². The summed E-state index contributed by atoms with van der Waals surface area (Å²) in [5, 5.41) is 11.4. The van der Waals surface area contributed by atoms with Gasteiger partial charge in [0, 0.05) is 21.6 Å². The first-order valence-corrected chi connectivity index (χ1v) is 7.63. The van der Waals surface area contributed by atoms with Gasteiger partial charge >= 0.3 is 0 Å². The van der Waals surface area contributed by atoms with Crippen molar-refractivity contribution in [2.75, 3.05) is 18.0 Å². The van der Waals surface area contributed by atoms with Gasteiger partial charge in [0.05, 0.1) is 12.5 Å². The Morgan fingerprint density at radius 3 is 2.33 bits per heavy atom. The van der Waals surface area contributed by atoms with Crippen molar-refractivity contribution in [3.05, 3.63) is 74.7 Å². The van der Waals surface area contributed by atoms with E-state index in [1.54, 1.807) is 0 Å². The van der Waals surface area contributed by atoms with E-state index in [-0.39, 0.29) is 10.8 Å². The highest BCUT2D eigenvalue weighted by Gasteiger charge is 2.41. The van der Waals surface area contributed by atoms with Crippen LogP contribution in [0.1, 0.15) is 11.5 Å². The van der Waals surface area contributed by atoms with Crippen molar-refractivity contribution in [2.45, 2.75) is 12.0 Å². The van der Waals surface area contributed by atoms with Crippen LogP contribution in [0.3, 0.4) is 0 Å². The highest BCUT2D eigenvalue weighted by atomic mass is 79.9. The summed E-state index contributed by atoms with van der Waals surface area (Å²) in [6, 6.07) is 17.1. The average Bonchev–Trinajstić information content (AvgIpc) is 2.94. The zero-order valence-corrected chi connectivity index (χ0v) is 12.9. The molecule has 0 N–H and O–H groups in total. The van der Waals surface area contributed by atoms with E-state index in [1.165, 1.54) is 0 Å². The third kappa shape index (κ3) is 2.93. The van der Waals surface area contributed by atoms with Crippen LogP contribution in [0.25, 0.3) is 0 Å². The third-order valence-corrected chi connectivity index (χ3v) is 4.51. The summed E-state index contributed by atoms with van der Waals surface area (Å²) in [6.07, 6.45) is 0. The monoisotopic (exact) mass is 346 g/mol. The lowest BCUT2D eigenvalue weighted by Gasteiger charge is -2.17. The van der Waals surface area contributed by atoms with E-state index >= 15 is 0 Å². The van der Waals surface area contributed by atoms with Gasteiger partial charge in [-0.05, 0) is 29.8 Å². The quantitative estimate of drug-likeness (QED) is 0.628. The smallest absolute Gasteiger partial charge is 0.238 e. The van der Waals surface area contributed by atoms with Gasteiger partial charge in [0.25, 0.3) is 0 Å². The topological polar surface area (TPSA) is 46.4 Å². The number of rotatable bonds is 3. The van der Waals surface area contributed by atoms with E-state index < -0.39 is 6.04 Å². The van der Waals surface area contributed by atoms with E-state index in [4.69, 9.17) is 0 Å². The lowest BCUT2D eigenvalue weighted by Crippen LogP contribution is -2.28. The van der Waals surface area contributed by atoms with Gasteiger partial charge in [0.2, 0.25) is 6.04 Å². The van der Waals surface area contributed by atoms with Crippen molar-refractivity contribution < 1.29 is 4.92 Å². The molecule has 21 heavy (non-hydrogen) atoms. The summed E-state index contributed by atoms with van der Waals surface area (Å²) >= 11 is 3.40. The van der Waals surface area contributed by atoms with Gasteiger partial charge in [-0.25, -0.2) is 0 Å². The molecule has 1 aliphatic heterocycles. The molecule has 2 aromatic carbocycles. The number of hydrogen-bond acceptors (Lipinski definition) is 3. The minimum atomic E-state index is -0.564. The summed E-state index contributed by atoms with van der Waals surface area (Å²) in [5.41, 5.74) is 2.07. The predicted molar refractivity (Wildman–Crippen MR) is 86.3 cm³/mol. The van der Waals surface area contributed by atoms with Gasteiger partial charge in [-0.1, -0.05) is 46.3 Å². The Labute approximate surface area is 131 Å². The number of hydrogen-bond donors (Lipinski definition) is 0. The lowest BCUT2D eigenvalue weighted by molar-refractivity contribution is -0.519. The van der Waals surface area contributed by atoms with Gasteiger partial charge in [0.1, 0.15) is 0 Å². The minimum absolute atomic E-state index is 0.0756. The second-order valence-corrected chi connectivity index (χ2v) is 6.17. The first kappa shape index (κ1) is 14.1. The molecule has 0 amide bonds. The zero-order valence-electron chi connectivity index (χ0n) is 11.4. The molecular weight excluding hydrogens is 332 g/mol. The maximum Gasteiger partial charge on any atom is 0.238 e. The Morgan fingerprint density at radius 1 is 1.05 bits per heavy atom. The molecule has 4 nitrogen and oxygen atoms in total. The lowest BCUT2D eigenvalue weighted by atomic mass is 9.95. The molecule has 2 atom stereocenters. The standard InChI is InChI=1S/C16H15BrN2O2/c17-13-8-6-12(7-9-13)15-10-18(11-16(15)19(20)21)14-4-2-1-3-5-14/h1-9,15-16H,10-11H2/t15-,16+/m0/s1. The van der Waals surface area contributed by atoms with Crippen LogP contribution in [0, 0.1) is 10.1 Å². The fourth-order valence-corrected chi connectivity index (χ4v) is 3.15. The van der Waals surface area contributed by atoms with E-state index in [0.29, 0.717) is 13.1 Å². The molecule has 5 heteroatoms. The zero-order chi connectivity index (χ0) is 14.8. The minimum Gasteiger partial charge on any atom is -0.364 e. The van der Waals surface area contributed by atoms with Crippen LogP contribution in [0.4, 0.5) is 5.69 Å². The van der Waals surface area contributed by atoms with Crippen molar-refractivity contribution in [3.8, 4) is 0 Å². The van der Waals surface area contributed by atoms with Gasteiger partial charge < -0.3 is 4.90 Å². The summed E-state index contributed by atoms with van der Waals surface area (Å²) in [4.78, 5) is 13.4. The van der Waals surface area contributed by atoms with Crippen LogP contribution >= 0.6 is 15.9 Å². The van der Waals surface area contributed by atoms with Gasteiger partial charge in [-0.15, -0.1) is 0 Å². The van der Waals surface area contributed by atoms with Crippen LogP contribution in [-0.4, -0.2) is 24.1 Å². The van der Waals surface area contributed by atoms with Gasteiger partial charge in [-0.2, -0.15) is 0 Å². The van der Waals surface area contributed by atoms with Gasteiger partial charge in [0.15, 0.2) is 0 Å². The molecule has 108 valence electrons. The van der Waals surface area contributed by atoms with Gasteiger partial charge in [-0.3, -0.25) is 10.1 Å². The van der Waals surface area contributed by atoms with Crippen molar-refractivity contribution in [1.29, 1.82) is 0 Å². The molecule has 0 aliphatic carbocycles. The van der Waals surface area contributed by atoms with Crippen molar-refractivity contribution in [1.82, 2.24) is 0 Å². The molecule has 3 rings (SSSR count). The molecule has 1 saturated heterocycles. The number of nitrogens with zero attached hydrogens (tertiary/aromatic N) is 2. The predicted octanol–water partition coefficient (Wildman–Crippen LogP) is 3.70. The molecule has 1 aliphatic rings. The molecule has 0 aromatic heterocycles. The average molecular weight is 347 g/mol. The third-order valence-electron chi connectivity index (χ3n) is 3.98. The van der Waals surface area contributed by atoms with Crippen LogP contribution in [-0.2, 0) is 0 Å². The van der Waals surface area contributed by atoms with E-state index in [1.807, 2.05) is 54.6 Å². The summed E-state index contributed by atoms with van der Waals surface area (Å²) in [5.74, 6) is -0.0756. The summed E-state index contributed by atoms with van der Waals surface area (Å²) < 4.78 is 0.988.